The van der Waals surface area contributed by atoms with E-state index in [4.69, 9.17) is 0 Å². The molecule has 1 aliphatic rings. The fourth-order valence-corrected chi connectivity index (χ4v) is 3.54. The van der Waals surface area contributed by atoms with Crippen molar-refractivity contribution in [3.8, 4) is 0 Å². The van der Waals surface area contributed by atoms with Crippen molar-refractivity contribution >= 4 is 16.7 Å². The first-order valence-corrected chi connectivity index (χ1v) is 7.86. The van der Waals surface area contributed by atoms with E-state index < -0.39 is 0 Å². The van der Waals surface area contributed by atoms with E-state index in [1.165, 1.54) is 0 Å². The molecular formula is C18H22N2O. The normalized spacial score (nSPS) is 22.3. The van der Waals surface area contributed by atoms with Gasteiger partial charge in [0.15, 0.2) is 5.78 Å². The van der Waals surface area contributed by atoms with E-state index in [0.717, 1.165) is 55.2 Å². The number of hydrogen-bond acceptors (Lipinski definition) is 3. The topological polar surface area (TPSA) is 42.0 Å². The Labute approximate surface area is 125 Å². The largest absolute Gasteiger partial charge is 0.316 e. The van der Waals surface area contributed by atoms with E-state index in [1.54, 1.807) is 6.20 Å². The summed E-state index contributed by atoms with van der Waals surface area (Å²) in [5, 5.41) is 4.46. The average Bonchev–Trinajstić information content (AvgIpc) is 2.55. The zero-order chi connectivity index (χ0) is 14.7. The fourth-order valence-electron chi connectivity index (χ4n) is 3.54. The summed E-state index contributed by atoms with van der Waals surface area (Å²) in [6.45, 7) is 3.97. The molecule has 3 rings (SSSR count). The summed E-state index contributed by atoms with van der Waals surface area (Å²) in [7, 11) is 0. The van der Waals surface area contributed by atoms with Gasteiger partial charge >= 0.3 is 0 Å². The summed E-state index contributed by atoms with van der Waals surface area (Å²) < 4.78 is 0. The predicted octanol–water partition coefficient (Wildman–Crippen LogP) is 3.59. The monoisotopic (exact) mass is 282 g/mol. The summed E-state index contributed by atoms with van der Waals surface area (Å²) in [6, 6.07) is 9.85. The van der Waals surface area contributed by atoms with Gasteiger partial charge in [-0.15, -0.1) is 0 Å². The molecule has 2 heterocycles. The molecule has 1 N–H and O–H groups in total. The minimum atomic E-state index is -0.251. The fraction of sp³-hybridized carbons (Fsp3) is 0.444. The van der Waals surface area contributed by atoms with Gasteiger partial charge in [-0.3, -0.25) is 9.78 Å². The second-order valence-electron chi connectivity index (χ2n) is 6.02. The Morgan fingerprint density at radius 1 is 1.33 bits per heavy atom. The molecular weight excluding hydrogens is 260 g/mol. The molecule has 0 spiro atoms. The zero-order valence-electron chi connectivity index (χ0n) is 12.6. The highest BCUT2D eigenvalue weighted by Crippen LogP contribution is 2.36. The van der Waals surface area contributed by atoms with Crippen LogP contribution in [0.2, 0.25) is 0 Å². The van der Waals surface area contributed by atoms with E-state index in [0.29, 0.717) is 0 Å². The lowest BCUT2D eigenvalue weighted by atomic mass is 9.71. The molecule has 0 saturated carbocycles. The third-order valence-electron chi connectivity index (χ3n) is 4.56. The highest BCUT2D eigenvalue weighted by Gasteiger charge is 2.39. The average molecular weight is 282 g/mol. The standard InChI is InChI=1S/C18H22N2O/c1-2-9-18(10-5-11-19-13-18)17(21)15-8-3-6-14-7-4-12-20-16(14)15/h3-4,6-8,12,19H,2,5,9-11,13H2,1H3. The third kappa shape index (κ3) is 2.58. The molecule has 1 unspecified atom stereocenters. The van der Waals surface area contributed by atoms with Gasteiger partial charge in [0, 0.05) is 29.1 Å². The van der Waals surface area contributed by atoms with Crippen LogP contribution in [0.15, 0.2) is 36.5 Å². The summed E-state index contributed by atoms with van der Waals surface area (Å²) in [6.07, 6.45) is 5.80. The van der Waals surface area contributed by atoms with E-state index in [9.17, 15) is 4.79 Å². The quantitative estimate of drug-likeness (QED) is 0.871. The molecule has 0 amide bonds. The van der Waals surface area contributed by atoms with Crippen molar-refractivity contribution in [3.05, 3.63) is 42.1 Å². The molecule has 3 heteroatoms. The summed E-state index contributed by atoms with van der Waals surface area (Å²) in [5.74, 6) is 0.265. The van der Waals surface area contributed by atoms with Crippen LogP contribution >= 0.6 is 0 Å². The van der Waals surface area contributed by atoms with Gasteiger partial charge in [0.05, 0.1) is 5.52 Å². The van der Waals surface area contributed by atoms with E-state index in [2.05, 4.69) is 17.2 Å². The van der Waals surface area contributed by atoms with E-state index in [-0.39, 0.29) is 11.2 Å². The minimum absolute atomic E-state index is 0.251. The highest BCUT2D eigenvalue weighted by atomic mass is 16.1. The maximum absolute atomic E-state index is 13.2. The lowest BCUT2D eigenvalue weighted by molar-refractivity contribution is 0.0719. The molecule has 1 atom stereocenters. The molecule has 2 aromatic rings. The Morgan fingerprint density at radius 3 is 2.95 bits per heavy atom. The predicted molar refractivity (Wildman–Crippen MR) is 85.5 cm³/mol. The number of nitrogens with one attached hydrogen (secondary N) is 1. The van der Waals surface area contributed by atoms with Crippen molar-refractivity contribution in [2.45, 2.75) is 32.6 Å². The molecule has 3 nitrogen and oxygen atoms in total. The molecule has 1 saturated heterocycles. The van der Waals surface area contributed by atoms with Gasteiger partial charge in [-0.25, -0.2) is 0 Å². The molecule has 0 bridgehead atoms. The van der Waals surface area contributed by atoms with Crippen LogP contribution in [0.1, 0.15) is 43.0 Å². The van der Waals surface area contributed by atoms with Crippen molar-refractivity contribution in [1.29, 1.82) is 0 Å². The number of aromatic nitrogens is 1. The number of para-hydroxylation sites is 1. The molecule has 0 aliphatic carbocycles. The van der Waals surface area contributed by atoms with Crippen LogP contribution in [0.4, 0.5) is 0 Å². The van der Waals surface area contributed by atoms with Crippen LogP contribution in [0.5, 0.6) is 0 Å². The molecule has 0 radical (unpaired) electrons. The van der Waals surface area contributed by atoms with Gasteiger partial charge in [-0.1, -0.05) is 31.5 Å². The van der Waals surface area contributed by atoms with Crippen LogP contribution in [0.3, 0.4) is 0 Å². The van der Waals surface area contributed by atoms with Crippen molar-refractivity contribution in [2.75, 3.05) is 13.1 Å². The Balaban J connectivity index is 2.06. The minimum Gasteiger partial charge on any atom is -0.316 e. The first kappa shape index (κ1) is 14.2. The van der Waals surface area contributed by atoms with E-state index >= 15 is 0 Å². The van der Waals surface area contributed by atoms with E-state index in [1.807, 2.05) is 30.3 Å². The lowest BCUT2D eigenvalue weighted by Crippen LogP contribution is -2.45. The SMILES string of the molecule is CCCC1(C(=O)c2cccc3cccnc23)CCCNC1. The zero-order valence-corrected chi connectivity index (χ0v) is 12.6. The number of benzene rings is 1. The summed E-state index contributed by atoms with van der Waals surface area (Å²) in [4.78, 5) is 17.7. The Hall–Kier alpha value is -1.74. The Kier molecular flexibility index (Phi) is 4.02. The summed E-state index contributed by atoms with van der Waals surface area (Å²) >= 11 is 0. The smallest absolute Gasteiger partial charge is 0.172 e. The molecule has 1 aromatic carbocycles. The van der Waals surface area contributed by atoms with Crippen LogP contribution in [-0.4, -0.2) is 23.9 Å². The van der Waals surface area contributed by atoms with Crippen molar-refractivity contribution in [1.82, 2.24) is 10.3 Å². The van der Waals surface area contributed by atoms with Gasteiger partial charge in [0.2, 0.25) is 0 Å². The van der Waals surface area contributed by atoms with Crippen LogP contribution in [-0.2, 0) is 0 Å². The lowest BCUT2D eigenvalue weighted by Gasteiger charge is -2.36. The maximum atomic E-state index is 13.2. The number of ketones is 1. The van der Waals surface area contributed by atoms with Gasteiger partial charge in [-0.05, 0) is 37.9 Å². The second kappa shape index (κ2) is 5.94. The number of Topliss-reactive ketones (excluding diaryl/α,β-unsaturated/α-hetero) is 1. The maximum Gasteiger partial charge on any atom is 0.172 e. The molecule has 110 valence electrons. The van der Waals surface area contributed by atoms with Crippen LogP contribution in [0.25, 0.3) is 10.9 Å². The number of carbonyl (C=O) groups excluding carboxylic acids is 1. The van der Waals surface area contributed by atoms with Crippen molar-refractivity contribution in [3.63, 3.8) is 0 Å². The van der Waals surface area contributed by atoms with Gasteiger partial charge in [0.1, 0.15) is 0 Å². The van der Waals surface area contributed by atoms with Gasteiger partial charge < -0.3 is 5.32 Å². The number of rotatable bonds is 4. The molecule has 1 aliphatic heterocycles. The third-order valence-corrected chi connectivity index (χ3v) is 4.56. The number of carbonyl (C=O) groups is 1. The Morgan fingerprint density at radius 2 is 2.19 bits per heavy atom. The molecule has 1 aromatic heterocycles. The summed E-state index contributed by atoms with van der Waals surface area (Å²) in [5.41, 5.74) is 1.37. The Bertz CT molecular complexity index is 634. The van der Waals surface area contributed by atoms with Crippen molar-refractivity contribution in [2.24, 2.45) is 5.41 Å². The second-order valence-corrected chi connectivity index (χ2v) is 6.02. The molecule has 1 fully saturated rings. The number of fused-ring (bicyclic) bond motifs is 1. The first-order chi connectivity index (χ1) is 10.3. The highest BCUT2D eigenvalue weighted by molar-refractivity contribution is 6.09. The van der Waals surface area contributed by atoms with Crippen molar-refractivity contribution < 1.29 is 4.79 Å². The van der Waals surface area contributed by atoms with Crippen LogP contribution in [0, 0.1) is 5.41 Å². The molecule has 21 heavy (non-hydrogen) atoms. The van der Waals surface area contributed by atoms with Gasteiger partial charge in [-0.2, -0.15) is 0 Å². The number of pyridine rings is 1. The first-order valence-electron chi connectivity index (χ1n) is 7.86. The number of nitrogens with zero attached hydrogens (tertiary/aromatic N) is 1. The number of hydrogen-bond donors (Lipinski definition) is 1. The van der Waals surface area contributed by atoms with Crippen LogP contribution < -0.4 is 5.32 Å². The number of piperidine rings is 1. The van der Waals surface area contributed by atoms with Gasteiger partial charge in [0.25, 0.3) is 0 Å².